The second kappa shape index (κ2) is 9.82. The van der Waals surface area contributed by atoms with Crippen LogP contribution in [0.3, 0.4) is 0 Å². The zero-order valence-electron chi connectivity index (χ0n) is 16.4. The second-order valence-corrected chi connectivity index (χ2v) is 6.78. The highest BCUT2D eigenvalue weighted by molar-refractivity contribution is 5.89. The van der Waals surface area contributed by atoms with Crippen LogP contribution in [-0.4, -0.2) is 54.0 Å². The van der Waals surface area contributed by atoms with Crippen LogP contribution in [0.5, 0.6) is 0 Å². The normalized spacial score (nSPS) is 14.9. The van der Waals surface area contributed by atoms with Crippen molar-refractivity contribution in [2.24, 2.45) is 5.92 Å². The molecule has 0 saturated carbocycles. The van der Waals surface area contributed by atoms with E-state index in [0.717, 1.165) is 10.9 Å². The van der Waals surface area contributed by atoms with Crippen LogP contribution in [-0.2, 0) is 23.9 Å². The second-order valence-electron chi connectivity index (χ2n) is 6.78. The van der Waals surface area contributed by atoms with E-state index in [9.17, 15) is 14.4 Å². The maximum Gasteiger partial charge on any atom is 0.331 e. The van der Waals surface area contributed by atoms with Gasteiger partial charge in [-0.3, -0.25) is 9.59 Å². The van der Waals surface area contributed by atoms with Crippen LogP contribution in [0.2, 0.25) is 0 Å². The molecule has 1 aliphatic rings. The van der Waals surface area contributed by atoms with Crippen LogP contribution >= 0.6 is 0 Å². The molecule has 7 nitrogen and oxygen atoms in total. The van der Waals surface area contributed by atoms with Crippen LogP contribution in [0.1, 0.15) is 25.5 Å². The average Bonchev–Trinajstić information content (AvgIpc) is 2.76. The number of amides is 1. The van der Waals surface area contributed by atoms with E-state index in [-0.39, 0.29) is 24.4 Å². The van der Waals surface area contributed by atoms with Gasteiger partial charge in [-0.05, 0) is 38.0 Å². The summed E-state index contributed by atoms with van der Waals surface area (Å²) in [5.74, 6) is -1.25. The van der Waals surface area contributed by atoms with Gasteiger partial charge in [-0.2, -0.15) is 0 Å². The van der Waals surface area contributed by atoms with Gasteiger partial charge < -0.3 is 14.4 Å². The molecule has 152 valence electrons. The number of fused-ring (bicyclic) bond motifs is 1. The smallest absolute Gasteiger partial charge is 0.331 e. The molecule has 0 unspecified atom stereocenters. The standard InChI is InChI=1S/C22H24N2O5/c1-2-28-22(27)17-11-13-24(14-12-17)20(25)15-29-21(26)10-9-18-8-7-16-5-3-4-6-19(16)23-18/h3-10,17H,2,11-15H2,1H3/b10-9+. The lowest BCUT2D eigenvalue weighted by molar-refractivity contribution is -0.153. The fourth-order valence-electron chi connectivity index (χ4n) is 3.23. The number of para-hydroxylation sites is 1. The highest BCUT2D eigenvalue weighted by atomic mass is 16.5. The van der Waals surface area contributed by atoms with Crippen LogP contribution in [0.25, 0.3) is 17.0 Å². The number of rotatable bonds is 6. The first-order chi connectivity index (χ1) is 14.1. The molecule has 7 heteroatoms. The third-order valence-electron chi connectivity index (χ3n) is 4.82. The van der Waals surface area contributed by atoms with Gasteiger partial charge in [0.25, 0.3) is 5.91 Å². The lowest BCUT2D eigenvalue weighted by atomic mass is 9.97. The number of hydrogen-bond acceptors (Lipinski definition) is 6. The number of nitrogens with zero attached hydrogens (tertiary/aromatic N) is 2. The van der Waals surface area contributed by atoms with E-state index in [1.165, 1.54) is 6.08 Å². The van der Waals surface area contributed by atoms with Crippen molar-refractivity contribution in [3.05, 3.63) is 48.2 Å². The molecule has 2 aromatic rings. The molecule has 1 amide bonds. The topological polar surface area (TPSA) is 85.8 Å². The number of carbonyl (C=O) groups is 3. The van der Waals surface area contributed by atoms with E-state index in [2.05, 4.69) is 4.98 Å². The van der Waals surface area contributed by atoms with Crippen molar-refractivity contribution in [2.45, 2.75) is 19.8 Å². The fourth-order valence-corrected chi connectivity index (χ4v) is 3.23. The molecule has 0 bridgehead atoms. The van der Waals surface area contributed by atoms with E-state index >= 15 is 0 Å². The summed E-state index contributed by atoms with van der Waals surface area (Å²) in [6.45, 7) is 2.72. The summed E-state index contributed by atoms with van der Waals surface area (Å²) >= 11 is 0. The summed E-state index contributed by atoms with van der Waals surface area (Å²) < 4.78 is 10.1. The molecule has 0 spiro atoms. The zero-order chi connectivity index (χ0) is 20.6. The molecule has 1 aromatic heterocycles. The number of ether oxygens (including phenoxy) is 2. The molecule has 1 saturated heterocycles. The Labute approximate surface area is 169 Å². The van der Waals surface area contributed by atoms with Crippen molar-refractivity contribution < 1.29 is 23.9 Å². The molecule has 3 rings (SSSR count). The van der Waals surface area contributed by atoms with Crippen molar-refractivity contribution in [1.82, 2.24) is 9.88 Å². The highest BCUT2D eigenvalue weighted by Crippen LogP contribution is 2.19. The van der Waals surface area contributed by atoms with Gasteiger partial charge in [0.15, 0.2) is 6.61 Å². The Morgan fingerprint density at radius 2 is 1.86 bits per heavy atom. The summed E-state index contributed by atoms with van der Waals surface area (Å²) in [5.41, 5.74) is 1.47. The van der Waals surface area contributed by atoms with Crippen LogP contribution < -0.4 is 0 Å². The molecule has 0 atom stereocenters. The molecule has 2 heterocycles. The first kappa shape index (κ1) is 20.5. The maximum absolute atomic E-state index is 12.2. The van der Waals surface area contributed by atoms with Gasteiger partial charge in [0.2, 0.25) is 0 Å². The van der Waals surface area contributed by atoms with Crippen molar-refractivity contribution in [3.8, 4) is 0 Å². The van der Waals surface area contributed by atoms with E-state index in [0.29, 0.717) is 38.2 Å². The number of carbonyl (C=O) groups excluding carboxylic acids is 3. The molecule has 0 radical (unpaired) electrons. The van der Waals surface area contributed by atoms with Gasteiger partial charge in [0, 0.05) is 24.6 Å². The molecular weight excluding hydrogens is 372 g/mol. The lowest BCUT2D eigenvalue weighted by Gasteiger charge is -2.30. The molecule has 1 fully saturated rings. The number of piperidine rings is 1. The molecular formula is C22H24N2O5. The Morgan fingerprint density at radius 3 is 2.62 bits per heavy atom. The summed E-state index contributed by atoms with van der Waals surface area (Å²) in [6.07, 6.45) is 3.94. The van der Waals surface area contributed by atoms with Crippen molar-refractivity contribution in [1.29, 1.82) is 0 Å². The van der Waals surface area contributed by atoms with Crippen LogP contribution in [0.4, 0.5) is 0 Å². The number of benzene rings is 1. The van der Waals surface area contributed by atoms with Crippen molar-refractivity contribution >= 4 is 34.8 Å². The minimum atomic E-state index is -0.602. The maximum atomic E-state index is 12.2. The van der Waals surface area contributed by atoms with Gasteiger partial charge >= 0.3 is 11.9 Å². The summed E-state index contributed by atoms with van der Waals surface area (Å²) in [6, 6.07) is 11.4. The Hall–Kier alpha value is -3.22. The lowest BCUT2D eigenvalue weighted by Crippen LogP contribution is -2.42. The Balaban J connectivity index is 1.44. The number of likely N-dealkylation sites (tertiary alicyclic amines) is 1. The van der Waals surface area contributed by atoms with E-state index < -0.39 is 5.97 Å². The van der Waals surface area contributed by atoms with E-state index in [1.807, 2.05) is 36.4 Å². The first-order valence-corrected chi connectivity index (χ1v) is 9.72. The van der Waals surface area contributed by atoms with Gasteiger partial charge in [-0.15, -0.1) is 0 Å². The van der Waals surface area contributed by atoms with Crippen molar-refractivity contribution in [2.75, 3.05) is 26.3 Å². The monoisotopic (exact) mass is 396 g/mol. The SMILES string of the molecule is CCOC(=O)C1CCN(C(=O)COC(=O)/C=C/c2ccc3ccccc3n2)CC1. The molecule has 0 aliphatic carbocycles. The Kier molecular flexibility index (Phi) is 6.94. The third kappa shape index (κ3) is 5.63. The van der Waals surface area contributed by atoms with Crippen molar-refractivity contribution in [3.63, 3.8) is 0 Å². The molecule has 1 aromatic carbocycles. The highest BCUT2D eigenvalue weighted by Gasteiger charge is 2.28. The number of aromatic nitrogens is 1. The first-order valence-electron chi connectivity index (χ1n) is 9.72. The summed E-state index contributed by atoms with van der Waals surface area (Å²) in [4.78, 5) is 41.9. The minimum Gasteiger partial charge on any atom is -0.466 e. The molecule has 0 N–H and O–H groups in total. The Morgan fingerprint density at radius 1 is 1.10 bits per heavy atom. The molecule has 29 heavy (non-hydrogen) atoms. The minimum absolute atomic E-state index is 0.168. The number of pyridine rings is 1. The van der Waals surface area contributed by atoms with Crippen LogP contribution in [0.15, 0.2) is 42.5 Å². The van der Waals surface area contributed by atoms with Gasteiger partial charge in [0.1, 0.15) is 0 Å². The largest absolute Gasteiger partial charge is 0.466 e. The summed E-state index contributed by atoms with van der Waals surface area (Å²) in [7, 11) is 0. The predicted octanol–water partition coefficient (Wildman–Crippen LogP) is 2.59. The van der Waals surface area contributed by atoms with Gasteiger partial charge in [0.05, 0.1) is 23.7 Å². The zero-order valence-corrected chi connectivity index (χ0v) is 16.4. The molecule has 1 aliphatic heterocycles. The van der Waals surface area contributed by atoms with E-state index in [1.54, 1.807) is 17.9 Å². The quantitative estimate of drug-likeness (QED) is 0.551. The number of hydrogen-bond donors (Lipinski definition) is 0. The number of esters is 2. The van der Waals surface area contributed by atoms with Crippen LogP contribution in [0, 0.1) is 5.92 Å². The van der Waals surface area contributed by atoms with Gasteiger partial charge in [-0.1, -0.05) is 24.3 Å². The Bertz CT molecular complexity index is 916. The fraction of sp³-hybridized carbons (Fsp3) is 0.364. The third-order valence-corrected chi connectivity index (χ3v) is 4.82. The van der Waals surface area contributed by atoms with E-state index in [4.69, 9.17) is 9.47 Å². The van der Waals surface area contributed by atoms with Gasteiger partial charge in [-0.25, -0.2) is 9.78 Å². The summed E-state index contributed by atoms with van der Waals surface area (Å²) in [5, 5.41) is 1.02. The predicted molar refractivity (Wildman–Crippen MR) is 108 cm³/mol. The average molecular weight is 396 g/mol.